The van der Waals surface area contributed by atoms with E-state index in [-0.39, 0.29) is 14.0 Å². The van der Waals surface area contributed by atoms with Gasteiger partial charge >= 0.3 is 0 Å². The Labute approximate surface area is 85.2 Å². The molecule has 0 aliphatic carbocycles. The predicted molar refractivity (Wildman–Crippen MR) is 62.9 cm³/mol. The smallest absolute Gasteiger partial charge is 0.0814 e. The van der Waals surface area contributed by atoms with Crippen molar-refractivity contribution in [2.45, 2.75) is 52.5 Å². The van der Waals surface area contributed by atoms with E-state index in [2.05, 4.69) is 32.8 Å². The fourth-order valence-electron chi connectivity index (χ4n) is 1.94. The summed E-state index contributed by atoms with van der Waals surface area (Å²) in [5, 5.41) is 2.10. The van der Waals surface area contributed by atoms with Crippen LogP contribution in [0.4, 0.5) is 0 Å². The zero-order valence-corrected chi connectivity index (χ0v) is 9.18. The van der Waals surface area contributed by atoms with E-state index in [0.717, 1.165) is 25.8 Å². The zero-order chi connectivity index (χ0) is 9.61. The molecular weight excluding hydrogens is 161 g/mol. The molecule has 0 fully saturated rings. The van der Waals surface area contributed by atoms with Gasteiger partial charge in [-0.05, 0) is 19.3 Å². The highest BCUT2D eigenvalue weighted by Crippen LogP contribution is 2.27. The van der Waals surface area contributed by atoms with Gasteiger partial charge in [-0.2, -0.15) is 5.06 Å². The Bertz CT molecular complexity index is 103. The molecule has 80 valence electrons. The molecule has 13 heavy (non-hydrogen) atoms. The third kappa shape index (κ3) is 3.32. The van der Waals surface area contributed by atoms with Crippen LogP contribution in [-0.4, -0.2) is 32.7 Å². The maximum atomic E-state index is 5.37. The van der Waals surface area contributed by atoms with Crippen molar-refractivity contribution in [3.05, 3.63) is 0 Å². The molecule has 0 heterocycles. The van der Waals surface area contributed by atoms with Crippen molar-refractivity contribution in [3.8, 4) is 0 Å². The molecule has 2 nitrogen and oxygen atoms in total. The summed E-state index contributed by atoms with van der Waals surface area (Å²) in [6.07, 6.45) is 3.46. The molecule has 0 saturated carbocycles. The molecule has 0 aromatic carbocycles. The van der Waals surface area contributed by atoms with Crippen LogP contribution in [0.25, 0.3) is 0 Å². The van der Waals surface area contributed by atoms with Gasteiger partial charge in [-0.1, -0.05) is 27.7 Å². The van der Waals surface area contributed by atoms with Gasteiger partial charge in [0.25, 0.3) is 0 Å². The van der Waals surface area contributed by atoms with Gasteiger partial charge in [-0.3, -0.25) is 0 Å². The third-order valence-electron chi connectivity index (χ3n) is 3.01. The van der Waals surface area contributed by atoms with Gasteiger partial charge < -0.3 is 4.84 Å². The van der Waals surface area contributed by atoms with E-state index in [1.54, 1.807) is 7.11 Å². The van der Waals surface area contributed by atoms with E-state index in [1.165, 1.54) is 0 Å². The lowest BCUT2D eigenvalue weighted by molar-refractivity contribution is -0.203. The van der Waals surface area contributed by atoms with Gasteiger partial charge in [0.2, 0.25) is 0 Å². The van der Waals surface area contributed by atoms with Crippen molar-refractivity contribution in [1.82, 2.24) is 5.06 Å². The molecule has 0 atom stereocenters. The number of nitrogens with zero attached hydrogens (tertiary/aromatic N) is 1. The molecular formula is C10H26BNO. The van der Waals surface area contributed by atoms with Gasteiger partial charge in [-0.25, -0.2) is 0 Å². The first-order valence-electron chi connectivity index (χ1n) is 5.02. The second-order valence-electron chi connectivity index (χ2n) is 3.16. The van der Waals surface area contributed by atoms with Crippen LogP contribution in [0.15, 0.2) is 0 Å². The average molecular weight is 187 g/mol. The zero-order valence-electron chi connectivity index (χ0n) is 9.18. The maximum absolute atomic E-state index is 5.37. The fraction of sp³-hybridized carbons (Fsp3) is 1.00. The van der Waals surface area contributed by atoms with E-state index in [1.807, 2.05) is 0 Å². The van der Waals surface area contributed by atoms with E-state index < -0.39 is 0 Å². The van der Waals surface area contributed by atoms with E-state index >= 15 is 0 Å². The van der Waals surface area contributed by atoms with E-state index in [9.17, 15) is 0 Å². The number of hydrogen-bond acceptors (Lipinski definition) is 2. The van der Waals surface area contributed by atoms with E-state index in [0.29, 0.717) is 0 Å². The van der Waals surface area contributed by atoms with Gasteiger partial charge in [0.1, 0.15) is 0 Å². The van der Waals surface area contributed by atoms with Crippen LogP contribution < -0.4 is 0 Å². The molecule has 3 heteroatoms. The minimum Gasteiger partial charge on any atom is -0.302 e. The summed E-state index contributed by atoms with van der Waals surface area (Å²) in [6.45, 7) is 9.79. The quantitative estimate of drug-likeness (QED) is 0.463. The largest absolute Gasteiger partial charge is 0.302 e. The summed E-state index contributed by atoms with van der Waals surface area (Å²) in [6, 6.07) is 0. The third-order valence-corrected chi connectivity index (χ3v) is 3.01. The van der Waals surface area contributed by atoms with E-state index in [4.69, 9.17) is 4.84 Å². The molecule has 0 aromatic rings. The monoisotopic (exact) mass is 187 g/mol. The van der Waals surface area contributed by atoms with Gasteiger partial charge in [0, 0.05) is 12.1 Å². The summed E-state index contributed by atoms with van der Waals surface area (Å²) in [5.41, 5.74) is 0.253. The molecule has 0 rings (SSSR count). The fourth-order valence-corrected chi connectivity index (χ4v) is 1.94. The van der Waals surface area contributed by atoms with Crippen LogP contribution in [0.3, 0.4) is 0 Å². The molecule has 0 amide bonds. The van der Waals surface area contributed by atoms with Crippen LogP contribution in [0, 0.1) is 0 Å². The number of hydrogen-bond donors (Lipinski definition) is 0. The Morgan fingerprint density at radius 2 is 1.38 bits per heavy atom. The topological polar surface area (TPSA) is 12.5 Å². The summed E-state index contributed by atoms with van der Waals surface area (Å²) in [7, 11) is 1.76. The van der Waals surface area contributed by atoms with Crippen LogP contribution >= 0.6 is 0 Å². The minimum absolute atomic E-state index is 0. The standard InChI is InChI=1S/C10H23NO.BH3/c1-6-10(7-2,8-3)11(9-4)12-5;/h6-9H2,1-5H3;1H3. The van der Waals surface area contributed by atoms with Gasteiger partial charge in [0.05, 0.1) is 15.5 Å². The highest BCUT2D eigenvalue weighted by molar-refractivity contribution is 5.75. The highest BCUT2D eigenvalue weighted by atomic mass is 16.7. The summed E-state index contributed by atoms with van der Waals surface area (Å²) in [4.78, 5) is 5.37. The molecule has 0 saturated heterocycles. The molecule has 0 bridgehead atoms. The molecule has 0 aromatic heterocycles. The Morgan fingerprint density at radius 3 is 1.46 bits per heavy atom. The lowest BCUT2D eigenvalue weighted by Crippen LogP contribution is -2.46. The summed E-state index contributed by atoms with van der Waals surface area (Å²) >= 11 is 0. The number of rotatable bonds is 6. The summed E-state index contributed by atoms with van der Waals surface area (Å²) in [5.74, 6) is 0. The van der Waals surface area contributed by atoms with Crippen LogP contribution in [0.5, 0.6) is 0 Å². The lowest BCUT2D eigenvalue weighted by atomic mass is 9.89. The average Bonchev–Trinajstić information content (AvgIpc) is 2.14. The Balaban J connectivity index is 0. The SMILES string of the molecule is B.CCN(OC)C(CC)(CC)CC. The lowest BCUT2D eigenvalue weighted by Gasteiger charge is -2.40. The molecule has 0 aliphatic heterocycles. The highest BCUT2D eigenvalue weighted by Gasteiger charge is 2.30. The van der Waals surface area contributed by atoms with Crippen molar-refractivity contribution >= 4 is 8.41 Å². The summed E-state index contributed by atoms with van der Waals surface area (Å²) < 4.78 is 0. The first-order chi connectivity index (χ1) is 5.70. The van der Waals surface area contributed by atoms with Crippen LogP contribution in [0.2, 0.25) is 0 Å². The Kier molecular flexibility index (Phi) is 8.79. The van der Waals surface area contributed by atoms with Gasteiger partial charge in [-0.15, -0.1) is 0 Å². The number of hydroxylamine groups is 2. The maximum Gasteiger partial charge on any atom is 0.0814 e. The van der Waals surface area contributed by atoms with Crippen molar-refractivity contribution < 1.29 is 4.84 Å². The molecule has 0 aliphatic rings. The second kappa shape index (κ2) is 7.39. The first kappa shape index (κ1) is 15.5. The molecule has 0 N–H and O–H groups in total. The normalized spacial score (nSPS) is 11.5. The predicted octanol–water partition coefficient (Wildman–Crippen LogP) is 1.65. The van der Waals surface area contributed by atoms with Crippen molar-refractivity contribution in [2.24, 2.45) is 0 Å². The van der Waals surface area contributed by atoms with Crippen molar-refractivity contribution in [2.75, 3.05) is 13.7 Å². The first-order valence-corrected chi connectivity index (χ1v) is 5.02. The van der Waals surface area contributed by atoms with Crippen molar-refractivity contribution in [1.29, 1.82) is 0 Å². The Morgan fingerprint density at radius 1 is 1.00 bits per heavy atom. The van der Waals surface area contributed by atoms with Crippen LogP contribution in [0.1, 0.15) is 47.0 Å². The Hall–Kier alpha value is -0.0151. The molecule has 0 spiro atoms. The van der Waals surface area contributed by atoms with Gasteiger partial charge in [0.15, 0.2) is 0 Å². The molecule has 0 radical (unpaired) electrons. The second-order valence-corrected chi connectivity index (χ2v) is 3.16. The minimum atomic E-state index is 0. The van der Waals surface area contributed by atoms with Crippen molar-refractivity contribution in [3.63, 3.8) is 0 Å². The molecule has 0 unspecified atom stereocenters. The van der Waals surface area contributed by atoms with Crippen LogP contribution in [-0.2, 0) is 4.84 Å².